The lowest BCUT2D eigenvalue weighted by Crippen LogP contribution is -2.54. The third-order valence-electron chi connectivity index (χ3n) is 5.66. The van der Waals surface area contributed by atoms with Crippen LogP contribution in [0.5, 0.6) is 0 Å². The molecule has 0 aromatic carbocycles. The molecular formula is C17H24ClN3. The fourth-order valence-electron chi connectivity index (χ4n) is 5.29. The molecule has 1 aromatic heterocycles. The Kier molecular flexibility index (Phi) is 3.18. The smallest absolute Gasteiger partial charge is 0.135 e. The Morgan fingerprint density at radius 2 is 1.67 bits per heavy atom. The van der Waals surface area contributed by atoms with Gasteiger partial charge in [-0.2, -0.15) is 0 Å². The molecule has 4 bridgehead atoms. The molecule has 4 aliphatic carbocycles. The van der Waals surface area contributed by atoms with E-state index in [0.717, 1.165) is 29.4 Å². The second kappa shape index (κ2) is 4.84. The average molecular weight is 306 g/mol. The fraction of sp³-hybridized carbons (Fsp3) is 0.765. The molecule has 4 fully saturated rings. The SMILES string of the molecule is CC(C)c1nc(Cl)cc(NC23CC4CC(CC(C4)C2)C3)n1. The van der Waals surface area contributed by atoms with Gasteiger partial charge in [0.25, 0.3) is 0 Å². The van der Waals surface area contributed by atoms with Gasteiger partial charge < -0.3 is 5.32 Å². The number of halogens is 1. The number of rotatable bonds is 3. The van der Waals surface area contributed by atoms with Crippen molar-refractivity contribution < 1.29 is 0 Å². The molecule has 0 radical (unpaired) electrons. The highest BCUT2D eigenvalue weighted by molar-refractivity contribution is 6.29. The van der Waals surface area contributed by atoms with Gasteiger partial charge in [0.05, 0.1) is 0 Å². The van der Waals surface area contributed by atoms with Crippen LogP contribution < -0.4 is 5.32 Å². The first-order chi connectivity index (χ1) is 10.0. The van der Waals surface area contributed by atoms with Crippen LogP contribution >= 0.6 is 11.6 Å². The zero-order valence-electron chi connectivity index (χ0n) is 12.9. The molecule has 0 saturated heterocycles. The molecule has 0 amide bonds. The van der Waals surface area contributed by atoms with E-state index >= 15 is 0 Å². The number of nitrogens with zero attached hydrogens (tertiary/aromatic N) is 2. The monoisotopic (exact) mass is 305 g/mol. The number of hydrogen-bond donors (Lipinski definition) is 1. The molecule has 4 heteroatoms. The number of aromatic nitrogens is 2. The lowest BCUT2D eigenvalue weighted by molar-refractivity contribution is 0.0105. The zero-order chi connectivity index (χ0) is 14.6. The maximum atomic E-state index is 6.19. The minimum atomic E-state index is 0.278. The van der Waals surface area contributed by atoms with Gasteiger partial charge in [0.15, 0.2) is 0 Å². The molecule has 4 saturated carbocycles. The standard InChI is InChI=1S/C17H24ClN3/c1-10(2)16-19-14(18)6-15(20-16)21-17-7-11-3-12(8-17)5-13(4-11)9-17/h6,10-13H,3-5,7-9H2,1-2H3,(H,19,20,21). The van der Waals surface area contributed by atoms with Gasteiger partial charge in [-0.15, -0.1) is 0 Å². The van der Waals surface area contributed by atoms with Gasteiger partial charge in [0.2, 0.25) is 0 Å². The molecule has 3 nitrogen and oxygen atoms in total. The predicted octanol–water partition coefficient (Wildman–Crippen LogP) is 4.63. The molecule has 0 spiro atoms. The normalized spacial score (nSPS) is 37.2. The largest absolute Gasteiger partial charge is 0.364 e. The summed E-state index contributed by atoms with van der Waals surface area (Å²) in [5.74, 6) is 4.89. The number of nitrogens with one attached hydrogen (secondary N) is 1. The Bertz CT molecular complexity index is 520. The van der Waals surface area contributed by atoms with E-state index in [4.69, 9.17) is 16.6 Å². The van der Waals surface area contributed by atoms with Crippen molar-refractivity contribution in [2.24, 2.45) is 17.8 Å². The van der Waals surface area contributed by atoms with Gasteiger partial charge >= 0.3 is 0 Å². The first kappa shape index (κ1) is 13.8. The van der Waals surface area contributed by atoms with E-state index in [1.54, 1.807) is 0 Å². The molecular weight excluding hydrogens is 282 g/mol. The van der Waals surface area contributed by atoms with Crippen molar-refractivity contribution in [1.29, 1.82) is 0 Å². The van der Waals surface area contributed by atoms with Gasteiger partial charge in [-0.3, -0.25) is 0 Å². The van der Waals surface area contributed by atoms with Gasteiger partial charge in [-0.25, -0.2) is 9.97 Å². The molecule has 21 heavy (non-hydrogen) atoms. The molecule has 4 aliphatic rings. The molecule has 5 rings (SSSR count). The van der Waals surface area contributed by atoms with Crippen molar-refractivity contribution in [3.8, 4) is 0 Å². The summed E-state index contributed by atoms with van der Waals surface area (Å²) < 4.78 is 0. The second-order valence-electron chi connectivity index (χ2n) is 7.91. The van der Waals surface area contributed by atoms with Crippen LogP contribution in [0, 0.1) is 17.8 Å². The van der Waals surface area contributed by atoms with Crippen LogP contribution in [-0.4, -0.2) is 15.5 Å². The van der Waals surface area contributed by atoms with E-state index in [1.807, 2.05) is 6.07 Å². The first-order valence-electron chi connectivity index (χ1n) is 8.34. The van der Waals surface area contributed by atoms with Crippen molar-refractivity contribution >= 4 is 17.4 Å². The Labute approximate surface area is 131 Å². The first-order valence-corrected chi connectivity index (χ1v) is 8.72. The number of anilines is 1. The third kappa shape index (κ3) is 2.54. The van der Waals surface area contributed by atoms with E-state index in [-0.39, 0.29) is 5.54 Å². The van der Waals surface area contributed by atoms with Crippen LogP contribution in [0.15, 0.2) is 6.07 Å². The van der Waals surface area contributed by atoms with Crippen molar-refractivity contribution in [3.05, 3.63) is 17.0 Å². The Morgan fingerprint density at radius 1 is 1.10 bits per heavy atom. The lowest BCUT2D eigenvalue weighted by Gasteiger charge is -2.57. The summed E-state index contributed by atoms with van der Waals surface area (Å²) in [6, 6.07) is 1.89. The highest BCUT2D eigenvalue weighted by Gasteiger charge is 2.51. The third-order valence-corrected chi connectivity index (χ3v) is 5.85. The summed E-state index contributed by atoms with van der Waals surface area (Å²) in [6.07, 6.45) is 8.33. The predicted molar refractivity (Wildman–Crippen MR) is 85.7 cm³/mol. The fourth-order valence-corrected chi connectivity index (χ4v) is 5.48. The van der Waals surface area contributed by atoms with E-state index in [2.05, 4.69) is 24.1 Å². The molecule has 1 aromatic rings. The van der Waals surface area contributed by atoms with Crippen LogP contribution in [0.25, 0.3) is 0 Å². The Balaban J connectivity index is 1.61. The minimum absolute atomic E-state index is 0.278. The number of hydrogen-bond acceptors (Lipinski definition) is 3. The molecule has 1 heterocycles. The molecule has 114 valence electrons. The van der Waals surface area contributed by atoms with Gasteiger partial charge in [-0.05, 0) is 56.3 Å². The van der Waals surface area contributed by atoms with E-state index in [1.165, 1.54) is 38.5 Å². The zero-order valence-corrected chi connectivity index (χ0v) is 13.7. The summed E-state index contributed by atoms with van der Waals surface area (Å²) in [4.78, 5) is 9.04. The van der Waals surface area contributed by atoms with Gasteiger partial charge in [0.1, 0.15) is 16.8 Å². The van der Waals surface area contributed by atoms with Crippen LogP contribution in [0.1, 0.15) is 64.1 Å². The van der Waals surface area contributed by atoms with E-state index in [9.17, 15) is 0 Å². The van der Waals surface area contributed by atoms with E-state index < -0.39 is 0 Å². The lowest BCUT2D eigenvalue weighted by atomic mass is 9.53. The molecule has 0 unspecified atom stereocenters. The summed E-state index contributed by atoms with van der Waals surface area (Å²) in [6.45, 7) is 4.22. The highest BCUT2D eigenvalue weighted by Crippen LogP contribution is 2.56. The highest BCUT2D eigenvalue weighted by atomic mass is 35.5. The summed E-state index contributed by atoms with van der Waals surface area (Å²) in [5, 5.41) is 4.34. The van der Waals surface area contributed by atoms with Crippen molar-refractivity contribution in [2.75, 3.05) is 5.32 Å². The molecule has 0 atom stereocenters. The van der Waals surface area contributed by atoms with Crippen molar-refractivity contribution in [3.63, 3.8) is 0 Å². The van der Waals surface area contributed by atoms with Crippen molar-refractivity contribution in [1.82, 2.24) is 9.97 Å². The van der Waals surface area contributed by atoms with Gasteiger partial charge in [-0.1, -0.05) is 25.4 Å². The second-order valence-corrected chi connectivity index (χ2v) is 8.30. The van der Waals surface area contributed by atoms with Crippen molar-refractivity contribution in [2.45, 2.75) is 63.8 Å². The maximum absolute atomic E-state index is 6.19. The molecule has 0 aliphatic heterocycles. The van der Waals surface area contributed by atoms with Crippen LogP contribution in [0.4, 0.5) is 5.82 Å². The van der Waals surface area contributed by atoms with Crippen LogP contribution in [0.2, 0.25) is 5.15 Å². The quantitative estimate of drug-likeness (QED) is 0.827. The molecule has 1 N–H and O–H groups in total. The Morgan fingerprint density at radius 3 is 2.19 bits per heavy atom. The maximum Gasteiger partial charge on any atom is 0.135 e. The summed E-state index contributed by atoms with van der Waals surface area (Å²) in [7, 11) is 0. The van der Waals surface area contributed by atoms with Gasteiger partial charge in [0, 0.05) is 17.5 Å². The topological polar surface area (TPSA) is 37.8 Å². The Hall–Kier alpha value is -0.830. The van der Waals surface area contributed by atoms with Crippen LogP contribution in [0.3, 0.4) is 0 Å². The summed E-state index contributed by atoms with van der Waals surface area (Å²) in [5.41, 5.74) is 0.278. The minimum Gasteiger partial charge on any atom is -0.364 e. The summed E-state index contributed by atoms with van der Waals surface area (Å²) >= 11 is 6.19. The van der Waals surface area contributed by atoms with E-state index in [0.29, 0.717) is 11.1 Å². The van der Waals surface area contributed by atoms with Crippen LogP contribution in [-0.2, 0) is 0 Å². The average Bonchev–Trinajstić information content (AvgIpc) is 2.35.